The molecule has 194 valence electrons. The molecule has 0 spiro atoms. The summed E-state index contributed by atoms with van der Waals surface area (Å²) < 4.78 is 1.07. The number of rotatable bonds is 5. The first-order valence-electron chi connectivity index (χ1n) is 13.6. The van der Waals surface area contributed by atoms with Gasteiger partial charge in [0, 0.05) is 26.7 Å². The lowest BCUT2D eigenvalue weighted by molar-refractivity contribution is 1.18. The van der Waals surface area contributed by atoms with Gasteiger partial charge in [0.2, 0.25) is 0 Å². The highest BCUT2D eigenvalue weighted by Gasteiger charge is 2.20. The van der Waals surface area contributed by atoms with Crippen LogP contribution in [0.2, 0.25) is 0 Å². The normalized spacial score (nSPS) is 11.0. The number of halogens is 1. The molecule has 0 amide bonds. The molecule has 6 aromatic carbocycles. The number of nitrogens with zero attached hydrogens (tertiary/aromatic N) is 2. The Labute approximate surface area is 248 Å². The highest BCUT2D eigenvalue weighted by molar-refractivity contribution is 9.10. The van der Waals surface area contributed by atoms with Crippen LogP contribution >= 0.6 is 15.9 Å². The lowest BCUT2D eigenvalue weighted by Crippen LogP contribution is -2.00. The average Bonchev–Trinajstić information content (AvgIpc) is 3.05. The van der Waals surface area contributed by atoms with E-state index < -0.39 is 0 Å². The van der Waals surface area contributed by atoms with Crippen LogP contribution in [0.4, 0.5) is 0 Å². The molecule has 1 aromatic heterocycles. The fourth-order valence-electron chi connectivity index (χ4n) is 5.39. The summed E-state index contributed by atoms with van der Waals surface area (Å²) in [5.41, 5.74) is 9.39. The van der Waals surface area contributed by atoms with Gasteiger partial charge in [0.05, 0.1) is 11.4 Å². The van der Waals surface area contributed by atoms with Gasteiger partial charge in [0.25, 0.3) is 0 Å². The minimum Gasteiger partial charge on any atom is -0.227 e. The molecule has 2 nitrogen and oxygen atoms in total. The van der Waals surface area contributed by atoms with E-state index in [4.69, 9.17) is 9.97 Å². The first kappa shape index (κ1) is 25.1. The van der Waals surface area contributed by atoms with Crippen LogP contribution in [0.3, 0.4) is 0 Å². The standard InChI is InChI=1S/C38H25BrN2/c39-32-24-31-18-10-11-19-33(31)34(25-32)26-20-22-29(23-21-26)37-35(27-12-4-1-5-13-27)36(28-14-6-2-7-15-28)40-38(41-37)30-16-8-3-9-17-30/h1-25H. The SMILES string of the molecule is Brc1cc(-c2ccc(-c3nc(-c4ccccc4)nc(-c4ccccc4)c3-c3ccccc3)cc2)c2ccccc2c1. The van der Waals surface area contributed by atoms with Crippen LogP contribution in [0.15, 0.2) is 156 Å². The van der Waals surface area contributed by atoms with E-state index in [0.717, 1.165) is 49.2 Å². The average molecular weight is 590 g/mol. The van der Waals surface area contributed by atoms with Crippen LogP contribution in [0, 0.1) is 0 Å². The molecule has 0 saturated heterocycles. The Morgan fingerprint density at radius 1 is 0.415 bits per heavy atom. The predicted molar refractivity (Wildman–Crippen MR) is 174 cm³/mol. The molecule has 41 heavy (non-hydrogen) atoms. The molecular weight excluding hydrogens is 564 g/mol. The minimum absolute atomic E-state index is 0.709. The van der Waals surface area contributed by atoms with Crippen molar-refractivity contribution in [2.24, 2.45) is 0 Å². The van der Waals surface area contributed by atoms with E-state index in [-0.39, 0.29) is 0 Å². The van der Waals surface area contributed by atoms with Crippen LogP contribution in [-0.4, -0.2) is 9.97 Å². The maximum atomic E-state index is 5.22. The molecule has 0 saturated carbocycles. The van der Waals surface area contributed by atoms with Crippen molar-refractivity contribution in [3.63, 3.8) is 0 Å². The van der Waals surface area contributed by atoms with Crippen LogP contribution in [0.25, 0.3) is 66.9 Å². The number of benzene rings is 6. The Morgan fingerprint density at radius 3 is 1.54 bits per heavy atom. The van der Waals surface area contributed by atoms with E-state index in [9.17, 15) is 0 Å². The molecule has 7 rings (SSSR count). The molecule has 0 unspecified atom stereocenters. The third-order valence-corrected chi connectivity index (χ3v) is 7.80. The monoisotopic (exact) mass is 588 g/mol. The summed E-state index contributed by atoms with van der Waals surface area (Å²) in [6.07, 6.45) is 0. The summed E-state index contributed by atoms with van der Waals surface area (Å²) in [5, 5.41) is 2.44. The number of hydrogen-bond acceptors (Lipinski definition) is 2. The van der Waals surface area contributed by atoms with Gasteiger partial charge in [-0.15, -0.1) is 0 Å². The summed E-state index contributed by atoms with van der Waals surface area (Å²) in [5.74, 6) is 0.709. The van der Waals surface area contributed by atoms with E-state index in [2.05, 4.69) is 137 Å². The minimum atomic E-state index is 0.709. The van der Waals surface area contributed by atoms with Gasteiger partial charge in [-0.3, -0.25) is 0 Å². The van der Waals surface area contributed by atoms with Gasteiger partial charge in [-0.1, -0.05) is 155 Å². The van der Waals surface area contributed by atoms with Crippen molar-refractivity contribution in [2.45, 2.75) is 0 Å². The Kier molecular flexibility index (Phi) is 6.72. The molecule has 0 aliphatic rings. The van der Waals surface area contributed by atoms with Crippen molar-refractivity contribution in [1.29, 1.82) is 0 Å². The van der Waals surface area contributed by atoms with Gasteiger partial charge >= 0.3 is 0 Å². The molecule has 0 atom stereocenters. The van der Waals surface area contributed by atoms with Crippen LogP contribution in [0.1, 0.15) is 0 Å². The third-order valence-electron chi connectivity index (χ3n) is 7.35. The van der Waals surface area contributed by atoms with E-state index >= 15 is 0 Å². The summed E-state index contributed by atoms with van der Waals surface area (Å²) in [6, 6.07) is 52.7. The Morgan fingerprint density at radius 2 is 0.902 bits per heavy atom. The Bertz CT molecular complexity index is 1970. The molecule has 0 fully saturated rings. The molecule has 0 aliphatic carbocycles. The van der Waals surface area contributed by atoms with Crippen molar-refractivity contribution >= 4 is 26.7 Å². The zero-order valence-corrected chi connectivity index (χ0v) is 23.8. The molecular formula is C38H25BrN2. The molecule has 0 N–H and O–H groups in total. The summed E-state index contributed by atoms with van der Waals surface area (Å²) in [4.78, 5) is 10.4. The van der Waals surface area contributed by atoms with E-state index in [1.807, 2.05) is 30.3 Å². The quantitative estimate of drug-likeness (QED) is 0.200. The van der Waals surface area contributed by atoms with Gasteiger partial charge in [-0.25, -0.2) is 9.97 Å². The Balaban J connectivity index is 1.46. The highest BCUT2D eigenvalue weighted by Crippen LogP contribution is 2.40. The largest absolute Gasteiger partial charge is 0.227 e. The van der Waals surface area contributed by atoms with Gasteiger partial charge in [-0.2, -0.15) is 0 Å². The predicted octanol–water partition coefficient (Wildman–Crippen LogP) is 10.7. The maximum absolute atomic E-state index is 5.22. The first-order valence-corrected chi connectivity index (χ1v) is 14.4. The van der Waals surface area contributed by atoms with Crippen LogP contribution in [-0.2, 0) is 0 Å². The first-order chi connectivity index (χ1) is 20.2. The van der Waals surface area contributed by atoms with Crippen molar-refractivity contribution in [3.8, 4) is 56.2 Å². The molecule has 0 aliphatic heterocycles. The highest BCUT2D eigenvalue weighted by atomic mass is 79.9. The summed E-state index contributed by atoms with van der Waals surface area (Å²) >= 11 is 3.71. The van der Waals surface area contributed by atoms with E-state index in [1.165, 1.54) is 16.3 Å². The molecule has 0 bridgehead atoms. The molecule has 3 heteroatoms. The summed E-state index contributed by atoms with van der Waals surface area (Å²) in [7, 11) is 0. The van der Waals surface area contributed by atoms with E-state index in [1.54, 1.807) is 0 Å². The second-order valence-corrected chi connectivity index (χ2v) is 10.9. The smallest absolute Gasteiger partial charge is 0.160 e. The number of fused-ring (bicyclic) bond motifs is 1. The van der Waals surface area contributed by atoms with Gasteiger partial charge in [0.15, 0.2) is 5.82 Å². The van der Waals surface area contributed by atoms with Crippen LogP contribution < -0.4 is 0 Å². The lowest BCUT2D eigenvalue weighted by Gasteiger charge is -2.17. The second kappa shape index (κ2) is 11.0. The lowest BCUT2D eigenvalue weighted by atomic mass is 9.92. The van der Waals surface area contributed by atoms with Gasteiger partial charge < -0.3 is 0 Å². The fraction of sp³-hybridized carbons (Fsp3) is 0. The number of aromatic nitrogens is 2. The van der Waals surface area contributed by atoms with Crippen molar-refractivity contribution in [2.75, 3.05) is 0 Å². The number of hydrogen-bond donors (Lipinski definition) is 0. The van der Waals surface area contributed by atoms with Gasteiger partial charge in [-0.05, 0) is 39.6 Å². The summed E-state index contributed by atoms with van der Waals surface area (Å²) in [6.45, 7) is 0. The molecule has 7 aromatic rings. The van der Waals surface area contributed by atoms with Crippen molar-refractivity contribution in [3.05, 3.63) is 156 Å². The maximum Gasteiger partial charge on any atom is 0.160 e. The zero-order chi connectivity index (χ0) is 27.6. The van der Waals surface area contributed by atoms with Gasteiger partial charge in [0.1, 0.15) is 0 Å². The Hall–Kier alpha value is -4.86. The third kappa shape index (κ3) is 4.97. The zero-order valence-electron chi connectivity index (χ0n) is 22.2. The second-order valence-electron chi connectivity index (χ2n) is 9.97. The van der Waals surface area contributed by atoms with Crippen molar-refractivity contribution in [1.82, 2.24) is 9.97 Å². The van der Waals surface area contributed by atoms with Crippen molar-refractivity contribution < 1.29 is 0 Å². The molecule has 0 radical (unpaired) electrons. The topological polar surface area (TPSA) is 25.8 Å². The fourth-order valence-corrected chi connectivity index (χ4v) is 5.87. The van der Waals surface area contributed by atoms with E-state index in [0.29, 0.717) is 5.82 Å². The molecule has 1 heterocycles. The van der Waals surface area contributed by atoms with Crippen LogP contribution in [0.5, 0.6) is 0 Å².